The first kappa shape index (κ1) is 16.4. The average Bonchev–Trinajstić information content (AvgIpc) is 2.68. The first-order chi connectivity index (χ1) is 12.2. The number of amides is 2. The maximum atomic E-state index is 11.9. The van der Waals surface area contributed by atoms with Crippen molar-refractivity contribution in [2.75, 3.05) is 7.11 Å². The van der Waals surface area contributed by atoms with E-state index in [0.717, 1.165) is 17.0 Å². The van der Waals surface area contributed by atoms with Crippen LogP contribution in [0.15, 0.2) is 78.0 Å². The standard InChI is InChI=1S/C19H18N4O2/c1-25-18-9-7-15(8-10-18)13-20-19(24)22-16-11-12-23(21-14-16)17-5-3-2-4-6-17/h2-12,14H,13H2,1H3,(H,20,24). The molecule has 126 valence electrons. The van der Waals surface area contributed by atoms with Gasteiger partial charge in [0.25, 0.3) is 0 Å². The molecule has 0 spiro atoms. The van der Waals surface area contributed by atoms with Crippen molar-refractivity contribution in [2.24, 2.45) is 4.99 Å². The van der Waals surface area contributed by atoms with Crippen LogP contribution in [0.2, 0.25) is 0 Å². The Labute approximate surface area is 145 Å². The van der Waals surface area contributed by atoms with E-state index in [-0.39, 0.29) is 0 Å². The molecule has 0 saturated heterocycles. The number of urea groups is 1. The lowest BCUT2D eigenvalue weighted by molar-refractivity contribution is 0.248. The number of aromatic nitrogens is 2. The minimum atomic E-state index is -0.407. The van der Waals surface area contributed by atoms with Gasteiger partial charge in [0, 0.05) is 12.7 Å². The van der Waals surface area contributed by atoms with Gasteiger partial charge in [-0.25, -0.2) is 9.48 Å². The summed E-state index contributed by atoms with van der Waals surface area (Å²) in [5.74, 6) is 0.779. The van der Waals surface area contributed by atoms with Crippen molar-refractivity contribution in [1.82, 2.24) is 15.1 Å². The van der Waals surface area contributed by atoms with Gasteiger partial charge in [0.2, 0.25) is 0 Å². The summed E-state index contributed by atoms with van der Waals surface area (Å²) >= 11 is 0. The molecular weight excluding hydrogens is 316 g/mol. The monoisotopic (exact) mass is 334 g/mol. The Bertz CT molecular complexity index is 882. The lowest BCUT2D eigenvalue weighted by Crippen LogP contribution is -2.22. The van der Waals surface area contributed by atoms with Gasteiger partial charge < -0.3 is 10.1 Å². The number of nitrogens with one attached hydrogen (secondary N) is 1. The number of rotatable bonds is 4. The molecule has 6 nitrogen and oxygen atoms in total. The minimum Gasteiger partial charge on any atom is -0.497 e. The summed E-state index contributed by atoms with van der Waals surface area (Å²) in [6, 6.07) is 18.5. The van der Waals surface area contributed by atoms with Crippen molar-refractivity contribution in [3.8, 4) is 11.4 Å². The second-order valence-corrected chi connectivity index (χ2v) is 5.28. The van der Waals surface area contributed by atoms with Crippen LogP contribution < -0.4 is 15.4 Å². The number of nitrogens with zero attached hydrogens (tertiary/aromatic N) is 3. The van der Waals surface area contributed by atoms with E-state index in [1.807, 2.05) is 54.6 Å². The second kappa shape index (κ2) is 7.92. The van der Waals surface area contributed by atoms with Crippen molar-refractivity contribution >= 4 is 6.03 Å². The Morgan fingerprint density at radius 3 is 2.52 bits per heavy atom. The molecule has 3 aromatic rings. The Morgan fingerprint density at radius 1 is 1.12 bits per heavy atom. The van der Waals surface area contributed by atoms with Gasteiger partial charge in [-0.15, -0.1) is 0 Å². The van der Waals surface area contributed by atoms with Crippen LogP contribution in [0.25, 0.3) is 5.69 Å². The van der Waals surface area contributed by atoms with Gasteiger partial charge in [-0.3, -0.25) is 0 Å². The Balaban J connectivity index is 1.62. The van der Waals surface area contributed by atoms with Crippen LogP contribution in [0.4, 0.5) is 4.79 Å². The van der Waals surface area contributed by atoms with Gasteiger partial charge in [0.05, 0.1) is 24.4 Å². The summed E-state index contributed by atoms with van der Waals surface area (Å²) in [6.07, 6.45) is 3.32. The predicted molar refractivity (Wildman–Crippen MR) is 94.4 cm³/mol. The molecule has 0 saturated carbocycles. The number of ether oxygens (including phenoxy) is 1. The minimum absolute atomic E-state index is 0.399. The van der Waals surface area contributed by atoms with E-state index in [2.05, 4.69) is 15.4 Å². The summed E-state index contributed by atoms with van der Waals surface area (Å²) in [6.45, 7) is 0.399. The van der Waals surface area contributed by atoms with Crippen LogP contribution in [0.5, 0.6) is 5.75 Å². The highest BCUT2D eigenvalue weighted by molar-refractivity contribution is 5.74. The summed E-state index contributed by atoms with van der Waals surface area (Å²) in [5.41, 5.74) is 1.91. The van der Waals surface area contributed by atoms with Crippen molar-refractivity contribution in [2.45, 2.75) is 6.54 Å². The maximum absolute atomic E-state index is 11.9. The molecule has 2 aromatic carbocycles. The van der Waals surface area contributed by atoms with Crippen molar-refractivity contribution in [1.29, 1.82) is 0 Å². The number of carbonyl (C=O) groups excluding carboxylic acids is 1. The van der Waals surface area contributed by atoms with Gasteiger partial charge in [-0.05, 0) is 35.9 Å². The smallest absolute Gasteiger partial charge is 0.341 e. The number of para-hydroxylation sites is 1. The molecule has 2 amide bonds. The number of methoxy groups -OCH3 is 1. The molecule has 1 aromatic heterocycles. The number of benzene rings is 2. The summed E-state index contributed by atoms with van der Waals surface area (Å²) < 4.78 is 6.82. The molecule has 6 heteroatoms. The molecule has 1 heterocycles. The van der Waals surface area contributed by atoms with E-state index < -0.39 is 6.03 Å². The van der Waals surface area contributed by atoms with Crippen LogP contribution in [0, 0.1) is 0 Å². The lowest BCUT2D eigenvalue weighted by atomic mass is 10.2. The van der Waals surface area contributed by atoms with Crippen molar-refractivity contribution < 1.29 is 9.53 Å². The average molecular weight is 334 g/mol. The first-order valence-electron chi connectivity index (χ1n) is 7.80. The Hall–Kier alpha value is -3.41. The molecule has 0 atom stereocenters. The van der Waals surface area contributed by atoms with E-state index in [1.165, 1.54) is 0 Å². The molecule has 3 rings (SSSR count). The van der Waals surface area contributed by atoms with Gasteiger partial charge in [0.15, 0.2) is 0 Å². The second-order valence-electron chi connectivity index (χ2n) is 5.28. The van der Waals surface area contributed by atoms with E-state index in [9.17, 15) is 4.79 Å². The molecule has 0 bridgehead atoms. The van der Waals surface area contributed by atoms with Crippen LogP contribution in [-0.4, -0.2) is 22.9 Å². The Kier molecular flexibility index (Phi) is 5.21. The van der Waals surface area contributed by atoms with Crippen molar-refractivity contribution in [3.63, 3.8) is 0 Å². The third-order valence-electron chi connectivity index (χ3n) is 3.56. The number of hydrogen-bond donors (Lipinski definition) is 1. The Morgan fingerprint density at radius 2 is 1.88 bits per heavy atom. The third-order valence-corrected chi connectivity index (χ3v) is 3.56. The topological polar surface area (TPSA) is 68.5 Å². The zero-order chi connectivity index (χ0) is 17.5. The van der Waals surface area contributed by atoms with Gasteiger partial charge in [0.1, 0.15) is 5.75 Å². The fraction of sp³-hybridized carbons (Fsp3) is 0.105. The molecule has 0 aliphatic rings. The predicted octanol–water partition coefficient (Wildman–Crippen LogP) is 2.69. The van der Waals surface area contributed by atoms with E-state index >= 15 is 0 Å². The summed E-state index contributed by atoms with van der Waals surface area (Å²) in [4.78, 5) is 15.9. The fourth-order valence-electron chi connectivity index (χ4n) is 2.23. The molecular formula is C19H18N4O2. The van der Waals surface area contributed by atoms with E-state index in [4.69, 9.17) is 4.74 Å². The highest BCUT2D eigenvalue weighted by atomic mass is 16.5. The highest BCUT2D eigenvalue weighted by Crippen LogP contribution is 2.10. The quantitative estimate of drug-likeness (QED) is 0.797. The van der Waals surface area contributed by atoms with Gasteiger partial charge >= 0.3 is 6.03 Å². The molecule has 0 fully saturated rings. The molecule has 25 heavy (non-hydrogen) atoms. The van der Waals surface area contributed by atoms with Gasteiger partial charge in [-0.2, -0.15) is 10.1 Å². The largest absolute Gasteiger partial charge is 0.497 e. The number of hydrogen-bond acceptors (Lipinski definition) is 3. The zero-order valence-corrected chi connectivity index (χ0v) is 13.8. The third kappa shape index (κ3) is 4.54. The normalized spacial score (nSPS) is 11.2. The summed E-state index contributed by atoms with van der Waals surface area (Å²) in [7, 11) is 1.62. The molecule has 0 aliphatic heterocycles. The van der Waals surface area contributed by atoms with Crippen LogP contribution >= 0.6 is 0 Å². The van der Waals surface area contributed by atoms with Crippen LogP contribution in [-0.2, 0) is 6.54 Å². The molecule has 1 N–H and O–H groups in total. The molecule has 0 aliphatic carbocycles. The highest BCUT2D eigenvalue weighted by Gasteiger charge is 2.00. The maximum Gasteiger partial charge on any atom is 0.341 e. The number of carbonyl (C=O) groups is 1. The molecule has 0 radical (unpaired) electrons. The summed E-state index contributed by atoms with van der Waals surface area (Å²) in [5, 5.41) is 7.52. The fourth-order valence-corrected chi connectivity index (χ4v) is 2.23. The van der Waals surface area contributed by atoms with E-state index in [0.29, 0.717) is 11.9 Å². The SMILES string of the molecule is COc1ccc(CNC(=O)N=c2ccn(-c3ccccc3)nc2)cc1. The van der Waals surface area contributed by atoms with Crippen LogP contribution in [0.1, 0.15) is 5.56 Å². The molecule has 0 unspecified atom stereocenters. The van der Waals surface area contributed by atoms with E-state index in [1.54, 1.807) is 30.3 Å². The first-order valence-corrected chi connectivity index (χ1v) is 7.80. The van der Waals surface area contributed by atoms with Gasteiger partial charge in [-0.1, -0.05) is 30.3 Å². The van der Waals surface area contributed by atoms with Crippen LogP contribution in [0.3, 0.4) is 0 Å². The van der Waals surface area contributed by atoms with Crippen molar-refractivity contribution in [3.05, 3.63) is 84.0 Å². The zero-order valence-electron chi connectivity index (χ0n) is 13.8. The lowest BCUT2D eigenvalue weighted by Gasteiger charge is -2.04.